The molecule has 7 nitrogen and oxygen atoms in total. The molecule has 2 aromatic rings. The van der Waals surface area contributed by atoms with Gasteiger partial charge in [-0.3, -0.25) is 14.4 Å². The van der Waals surface area contributed by atoms with Crippen molar-refractivity contribution >= 4 is 40.7 Å². The van der Waals surface area contributed by atoms with Crippen LogP contribution < -0.4 is 10.2 Å². The van der Waals surface area contributed by atoms with Crippen LogP contribution in [0, 0.1) is 6.92 Å². The molecule has 0 radical (unpaired) electrons. The first kappa shape index (κ1) is 20.1. The smallest absolute Gasteiger partial charge is 0.283 e. The minimum Gasteiger partial charge on any atom is -0.378 e. The highest BCUT2D eigenvalue weighted by atomic mass is 35.5. The number of carbonyl (C=O) groups is 3. The molecule has 2 heterocycles. The summed E-state index contributed by atoms with van der Waals surface area (Å²) in [4.78, 5) is 40.9. The Morgan fingerprint density at radius 1 is 1.00 bits per heavy atom. The zero-order chi connectivity index (χ0) is 21.3. The van der Waals surface area contributed by atoms with Gasteiger partial charge in [0.25, 0.3) is 17.7 Å². The molecule has 2 aliphatic heterocycles. The van der Waals surface area contributed by atoms with E-state index in [-0.39, 0.29) is 16.6 Å². The van der Waals surface area contributed by atoms with Gasteiger partial charge >= 0.3 is 0 Å². The van der Waals surface area contributed by atoms with Crippen molar-refractivity contribution in [1.82, 2.24) is 4.90 Å². The van der Waals surface area contributed by atoms with E-state index in [0.717, 1.165) is 10.5 Å². The van der Waals surface area contributed by atoms with Crippen LogP contribution in [0.3, 0.4) is 0 Å². The van der Waals surface area contributed by atoms with E-state index in [1.165, 1.54) is 0 Å². The molecule has 30 heavy (non-hydrogen) atoms. The lowest BCUT2D eigenvalue weighted by Gasteiger charge is -2.26. The molecule has 3 amide bonds. The van der Waals surface area contributed by atoms with E-state index in [1.807, 2.05) is 19.1 Å². The molecule has 0 spiro atoms. The summed E-state index contributed by atoms with van der Waals surface area (Å²) in [5.74, 6) is -1.16. The zero-order valence-electron chi connectivity index (χ0n) is 16.4. The summed E-state index contributed by atoms with van der Waals surface area (Å²) in [5, 5.41) is 2.76. The van der Waals surface area contributed by atoms with Crippen molar-refractivity contribution in [2.75, 3.05) is 36.5 Å². The lowest BCUT2D eigenvalue weighted by Crippen LogP contribution is -2.40. The first-order valence-corrected chi connectivity index (χ1v) is 9.93. The molecule has 0 atom stereocenters. The van der Waals surface area contributed by atoms with Crippen LogP contribution in [0.1, 0.15) is 15.9 Å². The molecule has 154 valence electrons. The summed E-state index contributed by atoms with van der Waals surface area (Å²) in [5.41, 5.74) is 2.38. The lowest BCUT2D eigenvalue weighted by molar-refractivity contribution is -0.120. The number of carbonyl (C=O) groups excluding carboxylic acids is 3. The van der Waals surface area contributed by atoms with Crippen LogP contribution in [0.15, 0.2) is 59.3 Å². The van der Waals surface area contributed by atoms with E-state index in [4.69, 9.17) is 16.3 Å². The van der Waals surface area contributed by atoms with Crippen LogP contribution in [0.5, 0.6) is 0 Å². The number of amides is 3. The number of morpholine rings is 1. The predicted octanol–water partition coefficient (Wildman–Crippen LogP) is 2.90. The van der Waals surface area contributed by atoms with E-state index in [2.05, 4.69) is 5.32 Å². The fourth-order valence-electron chi connectivity index (χ4n) is 3.43. The molecule has 0 aliphatic carbocycles. The number of halogens is 1. The molecule has 0 saturated carbocycles. The Morgan fingerprint density at radius 2 is 1.67 bits per heavy atom. The quantitative estimate of drug-likeness (QED) is 0.762. The maximum atomic E-state index is 12.9. The highest BCUT2D eigenvalue weighted by molar-refractivity contribution is 6.53. The second-order valence-corrected chi connectivity index (χ2v) is 7.41. The summed E-state index contributed by atoms with van der Waals surface area (Å²) in [7, 11) is 0. The lowest BCUT2D eigenvalue weighted by atomic mass is 10.1. The van der Waals surface area contributed by atoms with Crippen molar-refractivity contribution in [3.63, 3.8) is 0 Å². The first-order valence-electron chi connectivity index (χ1n) is 9.55. The van der Waals surface area contributed by atoms with E-state index in [1.54, 1.807) is 41.3 Å². The number of nitrogens with one attached hydrogen (secondary N) is 1. The standard InChI is InChI=1S/C22H20ClN3O4/c1-14-4-2-3-5-17(14)26-21(28)18(23)19(22(26)29)24-16-8-6-15(7-9-16)20(27)25-10-12-30-13-11-25/h2-9,24H,10-13H2,1H3. The highest BCUT2D eigenvalue weighted by Crippen LogP contribution is 2.31. The Labute approximate surface area is 178 Å². The van der Waals surface area contributed by atoms with E-state index < -0.39 is 11.8 Å². The SMILES string of the molecule is Cc1ccccc1N1C(=O)C(Cl)=C(Nc2ccc(C(=O)N3CCOCC3)cc2)C1=O. The summed E-state index contributed by atoms with van der Waals surface area (Å²) in [6, 6.07) is 13.8. The Morgan fingerprint density at radius 3 is 2.33 bits per heavy atom. The minimum absolute atomic E-state index is 0.0113. The van der Waals surface area contributed by atoms with Crippen LogP contribution in [-0.4, -0.2) is 48.9 Å². The van der Waals surface area contributed by atoms with Gasteiger partial charge < -0.3 is 15.0 Å². The highest BCUT2D eigenvalue weighted by Gasteiger charge is 2.39. The molecule has 1 N–H and O–H groups in total. The van der Waals surface area contributed by atoms with E-state index in [9.17, 15) is 14.4 Å². The molecule has 0 unspecified atom stereocenters. The van der Waals surface area contributed by atoms with Crippen molar-refractivity contribution in [3.05, 3.63) is 70.4 Å². The Hall–Kier alpha value is -3.16. The molecular formula is C22H20ClN3O4. The molecule has 4 rings (SSSR count). The van der Waals surface area contributed by atoms with Gasteiger partial charge in [-0.1, -0.05) is 29.8 Å². The Balaban J connectivity index is 1.51. The van der Waals surface area contributed by atoms with Crippen LogP contribution in [-0.2, 0) is 14.3 Å². The summed E-state index contributed by atoms with van der Waals surface area (Å²) in [6.07, 6.45) is 0. The molecule has 0 aromatic heterocycles. The van der Waals surface area contributed by atoms with Crippen LogP contribution in [0.25, 0.3) is 0 Å². The monoisotopic (exact) mass is 425 g/mol. The number of para-hydroxylation sites is 1. The number of nitrogens with zero attached hydrogens (tertiary/aromatic N) is 2. The van der Waals surface area contributed by atoms with E-state index in [0.29, 0.717) is 43.2 Å². The second-order valence-electron chi connectivity index (χ2n) is 7.03. The number of imide groups is 1. The number of aryl methyl sites for hydroxylation is 1. The van der Waals surface area contributed by atoms with Gasteiger partial charge in [0, 0.05) is 24.3 Å². The van der Waals surface area contributed by atoms with Gasteiger partial charge in [0.15, 0.2) is 0 Å². The summed E-state index contributed by atoms with van der Waals surface area (Å²) in [6.45, 7) is 4.01. The average Bonchev–Trinajstić information content (AvgIpc) is 2.98. The molecule has 0 bridgehead atoms. The fraction of sp³-hybridized carbons (Fsp3) is 0.227. The van der Waals surface area contributed by atoms with Gasteiger partial charge in [-0.15, -0.1) is 0 Å². The zero-order valence-corrected chi connectivity index (χ0v) is 17.1. The molecule has 1 fully saturated rings. The number of benzene rings is 2. The normalized spacial score (nSPS) is 17.0. The number of rotatable bonds is 4. The van der Waals surface area contributed by atoms with Gasteiger partial charge in [-0.05, 0) is 42.8 Å². The summed E-state index contributed by atoms with van der Waals surface area (Å²) >= 11 is 6.19. The Bertz CT molecular complexity index is 1040. The van der Waals surface area contributed by atoms with Gasteiger partial charge in [-0.2, -0.15) is 0 Å². The molecular weight excluding hydrogens is 406 g/mol. The minimum atomic E-state index is -0.572. The van der Waals surface area contributed by atoms with Crippen LogP contribution in [0.2, 0.25) is 0 Å². The topological polar surface area (TPSA) is 79.0 Å². The number of hydrogen-bond acceptors (Lipinski definition) is 5. The van der Waals surface area contributed by atoms with Crippen molar-refractivity contribution < 1.29 is 19.1 Å². The van der Waals surface area contributed by atoms with Crippen molar-refractivity contribution in [3.8, 4) is 0 Å². The third-order valence-corrected chi connectivity index (χ3v) is 5.43. The molecule has 2 aliphatic rings. The first-order chi connectivity index (χ1) is 14.5. The van der Waals surface area contributed by atoms with Crippen LogP contribution in [0.4, 0.5) is 11.4 Å². The third-order valence-electron chi connectivity index (χ3n) is 5.08. The molecule has 2 aromatic carbocycles. The van der Waals surface area contributed by atoms with Crippen molar-refractivity contribution in [2.45, 2.75) is 6.92 Å². The van der Waals surface area contributed by atoms with Gasteiger partial charge in [0.1, 0.15) is 10.7 Å². The molecule has 1 saturated heterocycles. The van der Waals surface area contributed by atoms with Gasteiger partial charge in [0.2, 0.25) is 0 Å². The van der Waals surface area contributed by atoms with Crippen LogP contribution >= 0.6 is 11.6 Å². The number of anilines is 2. The van der Waals surface area contributed by atoms with E-state index >= 15 is 0 Å². The van der Waals surface area contributed by atoms with Crippen molar-refractivity contribution in [1.29, 1.82) is 0 Å². The largest absolute Gasteiger partial charge is 0.378 e. The van der Waals surface area contributed by atoms with Crippen molar-refractivity contribution in [2.24, 2.45) is 0 Å². The number of hydrogen-bond donors (Lipinski definition) is 1. The average molecular weight is 426 g/mol. The maximum absolute atomic E-state index is 12.9. The molecule has 8 heteroatoms. The van der Waals surface area contributed by atoms with Gasteiger partial charge in [0.05, 0.1) is 18.9 Å². The number of ether oxygens (including phenoxy) is 1. The Kier molecular flexibility index (Phi) is 5.57. The third kappa shape index (κ3) is 3.69. The summed E-state index contributed by atoms with van der Waals surface area (Å²) < 4.78 is 5.27. The maximum Gasteiger partial charge on any atom is 0.283 e. The van der Waals surface area contributed by atoms with Gasteiger partial charge in [-0.25, -0.2) is 4.90 Å². The predicted molar refractivity (Wildman–Crippen MR) is 113 cm³/mol. The second kappa shape index (κ2) is 8.30. The fourth-order valence-corrected chi connectivity index (χ4v) is 3.65.